The lowest BCUT2D eigenvalue weighted by atomic mass is 10.1. The molecule has 1 aromatic rings. The summed E-state index contributed by atoms with van der Waals surface area (Å²) in [5, 5.41) is 6.29. The first-order valence-electron chi connectivity index (χ1n) is 8.24. The Morgan fingerprint density at radius 2 is 2.00 bits per heavy atom. The van der Waals surface area contributed by atoms with Gasteiger partial charge in [-0.05, 0) is 36.0 Å². The second-order valence-corrected chi connectivity index (χ2v) is 6.54. The van der Waals surface area contributed by atoms with Gasteiger partial charge in [0.2, 0.25) is 5.91 Å². The van der Waals surface area contributed by atoms with Gasteiger partial charge >= 0.3 is 0 Å². The first kappa shape index (κ1) is 19.9. The lowest BCUT2D eigenvalue weighted by molar-refractivity contribution is -0.122. The van der Waals surface area contributed by atoms with Crippen molar-refractivity contribution in [1.29, 1.82) is 0 Å². The molecule has 1 unspecified atom stereocenters. The van der Waals surface area contributed by atoms with Crippen LogP contribution in [-0.2, 0) is 29.2 Å². The fourth-order valence-corrected chi connectivity index (χ4v) is 2.83. The van der Waals surface area contributed by atoms with Gasteiger partial charge in [0.25, 0.3) is 0 Å². The molecule has 0 aliphatic carbocycles. The highest BCUT2D eigenvalue weighted by Gasteiger charge is 2.11. The summed E-state index contributed by atoms with van der Waals surface area (Å²) >= 11 is 0. The second kappa shape index (κ2) is 9.91. The van der Waals surface area contributed by atoms with Crippen molar-refractivity contribution >= 4 is 18.3 Å². The van der Waals surface area contributed by atoms with Crippen LogP contribution in [0.3, 0.4) is 0 Å². The molecule has 5 heteroatoms. The van der Waals surface area contributed by atoms with Crippen molar-refractivity contribution in [3.05, 3.63) is 34.9 Å². The van der Waals surface area contributed by atoms with Crippen molar-refractivity contribution in [2.75, 3.05) is 6.61 Å². The van der Waals surface area contributed by atoms with Crippen LogP contribution in [0.15, 0.2) is 18.2 Å². The Labute approximate surface area is 145 Å². The number of rotatable bonds is 8. The van der Waals surface area contributed by atoms with E-state index in [9.17, 15) is 4.79 Å². The summed E-state index contributed by atoms with van der Waals surface area (Å²) in [6.45, 7) is 9.39. The van der Waals surface area contributed by atoms with Gasteiger partial charge in [-0.2, -0.15) is 0 Å². The molecule has 0 saturated heterocycles. The maximum Gasteiger partial charge on any atom is 0.222 e. The van der Waals surface area contributed by atoms with Crippen molar-refractivity contribution in [2.45, 2.75) is 59.4 Å². The summed E-state index contributed by atoms with van der Waals surface area (Å²) in [4.78, 5) is 11.9. The number of hydrogen-bond donors (Lipinski definition) is 2. The minimum Gasteiger partial charge on any atom is -0.378 e. The summed E-state index contributed by atoms with van der Waals surface area (Å²) in [6, 6.07) is 6.41. The third-order valence-electron chi connectivity index (χ3n) is 3.93. The molecular formula is C18H29ClN2O2. The molecule has 0 bridgehead atoms. The molecular weight excluding hydrogens is 312 g/mol. The monoisotopic (exact) mass is 340 g/mol. The topological polar surface area (TPSA) is 50.4 Å². The van der Waals surface area contributed by atoms with Gasteiger partial charge in [-0.15, -0.1) is 12.4 Å². The quantitative estimate of drug-likeness (QED) is 0.764. The van der Waals surface area contributed by atoms with E-state index in [1.807, 2.05) is 0 Å². The predicted molar refractivity (Wildman–Crippen MR) is 95.6 cm³/mol. The average Bonchev–Trinajstić information content (AvgIpc) is 2.91. The number of carbonyl (C=O) groups excluding carboxylic acids is 1. The molecule has 0 saturated carbocycles. The number of amides is 1. The normalized spacial score (nSPS) is 14.3. The molecule has 1 aliphatic heterocycles. The van der Waals surface area contributed by atoms with E-state index in [-0.39, 0.29) is 24.4 Å². The van der Waals surface area contributed by atoms with Crippen LogP contribution in [0.1, 0.15) is 50.3 Å². The number of carbonyl (C=O) groups is 1. The molecule has 2 N–H and O–H groups in total. The van der Waals surface area contributed by atoms with Crippen molar-refractivity contribution in [2.24, 2.45) is 5.92 Å². The minimum absolute atomic E-state index is 0. The Morgan fingerprint density at radius 3 is 2.74 bits per heavy atom. The smallest absolute Gasteiger partial charge is 0.222 e. The van der Waals surface area contributed by atoms with E-state index in [0.29, 0.717) is 25.5 Å². The Kier molecular flexibility index (Phi) is 8.59. The van der Waals surface area contributed by atoms with Gasteiger partial charge in [0.1, 0.15) is 0 Å². The van der Waals surface area contributed by atoms with E-state index in [2.05, 4.69) is 49.6 Å². The van der Waals surface area contributed by atoms with Crippen LogP contribution < -0.4 is 10.6 Å². The lowest BCUT2D eigenvalue weighted by Crippen LogP contribution is -2.25. The molecule has 1 aliphatic rings. The molecule has 0 spiro atoms. The maximum atomic E-state index is 11.9. The number of ether oxygens (including phenoxy) is 1. The van der Waals surface area contributed by atoms with E-state index in [1.165, 1.54) is 11.1 Å². The van der Waals surface area contributed by atoms with Gasteiger partial charge in [0.05, 0.1) is 12.7 Å². The molecule has 1 heterocycles. The van der Waals surface area contributed by atoms with E-state index in [0.717, 1.165) is 25.1 Å². The summed E-state index contributed by atoms with van der Waals surface area (Å²) in [6.07, 6.45) is 1.68. The van der Waals surface area contributed by atoms with Crippen LogP contribution in [0.2, 0.25) is 0 Å². The largest absolute Gasteiger partial charge is 0.378 e. The minimum atomic E-state index is 0. The molecule has 4 nitrogen and oxygen atoms in total. The van der Waals surface area contributed by atoms with Crippen molar-refractivity contribution in [1.82, 2.24) is 10.6 Å². The van der Waals surface area contributed by atoms with Gasteiger partial charge in [0.15, 0.2) is 0 Å². The molecule has 1 atom stereocenters. The summed E-state index contributed by atoms with van der Waals surface area (Å²) in [5.74, 6) is 0.675. The van der Waals surface area contributed by atoms with Gasteiger partial charge in [-0.3, -0.25) is 4.79 Å². The average molecular weight is 341 g/mol. The summed E-state index contributed by atoms with van der Waals surface area (Å²) in [5.41, 5.74) is 3.87. The van der Waals surface area contributed by atoms with Gasteiger partial charge in [-0.1, -0.05) is 32.0 Å². The zero-order chi connectivity index (χ0) is 15.9. The number of halogens is 1. The van der Waals surface area contributed by atoms with Crippen LogP contribution >= 0.6 is 12.4 Å². The van der Waals surface area contributed by atoms with Crippen LogP contribution in [-0.4, -0.2) is 18.6 Å². The molecule has 23 heavy (non-hydrogen) atoms. The van der Waals surface area contributed by atoms with Crippen molar-refractivity contribution in [3.63, 3.8) is 0 Å². The Morgan fingerprint density at radius 1 is 1.26 bits per heavy atom. The van der Waals surface area contributed by atoms with Gasteiger partial charge < -0.3 is 15.4 Å². The Bertz CT molecular complexity index is 506. The molecule has 2 rings (SSSR count). The number of fused-ring (bicyclic) bond motifs is 1. The zero-order valence-corrected chi connectivity index (χ0v) is 15.2. The first-order chi connectivity index (χ1) is 10.5. The van der Waals surface area contributed by atoms with Crippen LogP contribution in [0.5, 0.6) is 0 Å². The molecule has 0 radical (unpaired) electrons. The summed E-state index contributed by atoms with van der Waals surface area (Å²) < 4.78 is 5.67. The Hall–Kier alpha value is -1.10. The van der Waals surface area contributed by atoms with E-state index < -0.39 is 0 Å². The van der Waals surface area contributed by atoms with Crippen LogP contribution in [0.25, 0.3) is 0 Å². The fourth-order valence-electron chi connectivity index (χ4n) is 2.83. The van der Waals surface area contributed by atoms with Gasteiger partial charge in [0, 0.05) is 26.1 Å². The molecule has 1 aromatic carbocycles. The molecule has 0 fully saturated rings. The van der Waals surface area contributed by atoms with E-state index in [4.69, 9.17) is 4.74 Å². The predicted octanol–water partition coefficient (Wildman–Crippen LogP) is 3.17. The second-order valence-electron chi connectivity index (χ2n) is 6.54. The third kappa shape index (κ3) is 6.90. The number of hydrogen-bond acceptors (Lipinski definition) is 3. The number of nitrogens with one attached hydrogen (secondary N) is 2. The highest BCUT2D eigenvalue weighted by molar-refractivity contribution is 5.85. The van der Waals surface area contributed by atoms with E-state index in [1.54, 1.807) is 0 Å². The fraction of sp³-hybridized carbons (Fsp3) is 0.611. The van der Waals surface area contributed by atoms with Crippen LogP contribution in [0, 0.1) is 5.92 Å². The van der Waals surface area contributed by atoms with Gasteiger partial charge in [-0.25, -0.2) is 0 Å². The highest BCUT2D eigenvalue weighted by Crippen LogP contribution is 2.16. The Balaban J connectivity index is 0.00000264. The SMILES string of the molecule is CC(C)CC(C)OCCC(=O)NCc1ccc2c(c1)CNC2.Cl. The molecule has 0 aromatic heterocycles. The maximum absolute atomic E-state index is 11.9. The van der Waals surface area contributed by atoms with Crippen molar-refractivity contribution in [3.8, 4) is 0 Å². The van der Waals surface area contributed by atoms with Crippen LogP contribution in [0.4, 0.5) is 0 Å². The van der Waals surface area contributed by atoms with Crippen molar-refractivity contribution < 1.29 is 9.53 Å². The third-order valence-corrected chi connectivity index (χ3v) is 3.93. The van der Waals surface area contributed by atoms with E-state index >= 15 is 0 Å². The highest BCUT2D eigenvalue weighted by atomic mass is 35.5. The number of benzene rings is 1. The molecule has 1 amide bonds. The zero-order valence-electron chi connectivity index (χ0n) is 14.4. The standard InChI is InChI=1S/C18H28N2O2.ClH/c1-13(2)8-14(3)22-7-6-18(21)20-10-15-4-5-16-11-19-12-17(16)9-15;/h4-5,9,13-14,19H,6-8,10-12H2,1-3H3,(H,20,21);1H. The summed E-state index contributed by atoms with van der Waals surface area (Å²) in [7, 11) is 0. The molecule has 130 valence electrons. The lowest BCUT2D eigenvalue weighted by Gasteiger charge is -2.15. The first-order valence-corrected chi connectivity index (χ1v) is 8.24.